The zero-order valence-corrected chi connectivity index (χ0v) is 35.6. The number of aromatic nitrogens is 2. The molecule has 10 aromatic carbocycles. The average molecular weight is 819 g/mol. The largest absolute Gasteiger partial charge is 0.309 e. The smallest absolute Gasteiger partial charge is 0.180 e. The lowest BCUT2D eigenvalue weighted by molar-refractivity contribution is 1.16. The van der Waals surface area contributed by atoms with Gasteiger partial charge in [-0.1, -0.05) is 218 Å². The molecule has 2 nitrogen and oxygen atoms in total. The molecule has 0 saturated heterocycles. The van der Waals surface area contributed by atoms with Gasteiger partial charge in [0.15, 0.2) is 8.07 Å². The molecule has 0 radical (unpaired) electrons. The molecule has 63 heavy (non-hydrogen) atoms. The van der Waals surface area contributed by atoms with Crippen molar-refractivity contribution in [2.45, 2.75) is 0 Å². The molecule has 12 aromatic rings. The molecule has 0 amide bonds. The van der Waals surface area contributed by atoms with Crippen LogP contribution in [0.5, 0.6) is 0 Å². The maximum Gasteiger partial charge on any atom is 0.180 e. The van der Waals surface area contributed by atoms with E-state index in [9.17, 15) is 0 Å². The van der Waals surface area contributed by atoms with Gasteiger partial charge in [0.1, 0.15) is 0 Å². The molecular formula is C60H42N2Si. The van der Waals surface area contributed by atoms with E-state index >= 15 is 0 Å². The summed E-state index contributed by atoms with van der Waals surface area (Å²) >= 11 is 0. The van der Waals surface area contributed by atoms with Crippen molar-refractivity contribution in [3.05, 3.63) is 255 Å². The second kappa shape index (κ2) is 15.2. The van der Waals surface area contributed by atoms with Crippen LogP contribution in [0.2, 0.25) is 0 Å². The van der Waals surface area contributed by atoms with Gasteiger partial charge in [0, 0.05) is 38.5 Å². The van der Waals surface area contributed by atoms with Crippen molar-refractivity contribution in [2.24, 2.45) is 0 Å². The summed E-state index contributed by atoms with van der Waals surface area (Å²) in [5.74, 6) is 0. The summed E-state index contributed by atoms with van der Waals surface area (Å²) in [4.78, 5) is 0. The van der Waals surface area contributed by atoms with Crippen molar-refractivity contribution in [1.82, 2.24) is 9.13 Å². The highest BCUT2D eigenvalue weighted by molar-refractivity contribution is 7.20. The van der Waals surface area contributed by atoms with Crippen molar-refractivity contribution >= 4 is 72.4 Å². The molecular weight excluding hydrogens is 777 g/mol. The van der Waals surface area contributed by atoms with E-state index in [0.29, 0.717) is 0 Å². The minimum atomic E-state index is -2.96. The van der Waals surface area contributed by atoms with E-state index in [1.54, 1.807) is 0 Å². The number of hydrogen-bond donors (Lipinski definition) is 0. The van der Waals surface area contributed by atoms with Crippen molar-refractivity contribution in [3.63, 3.8) is 0 Å². The lowest BCUT2D eigenvalue weighted by Crippen LogP contribution is -2.74. The van der Waals surface area contributed by atoms with Crippen LogP contribution < -0.4 is 20.7 Å². The number of nitrogens with zero attached hydrogens (tertiary/aromatic N) is 2. The first-order valence-corrected chi connectivity index (χ1v) is 23.8. The van der Waals surface area contributed by atoms with Gasteiger partial charge >= 0.3 is 0 Å². The molecule has 0 spiro atoms. The van der Waals surface area contributed by atoms with Gasteiger partial charge in [0.2, 0.25) is 0 Å². The van der Waals surface area contributed by atoms with Crippen LogP contribution in [0, 0.1) is 0 Å². The Morgan fingerprint density at radius 1 is 0.286 bits per heavy atom. The van der Waals surface area contributed by atoms with Crippen molar-refractivity contribution in [2.75, 3.05) is 0 Å². The fourth-order valence-electron chi connectivity index (χ4n) is 10.4. The van der Waals surface area contributed by atoms with Crippen LogP contribution in [0.1, 0.15) is 0 Å². The summed E-state index contributed by atoms with van der Waals surface area (Å²) in [6.45, 7) is 0. The van der Waals surface area contributed by atoms with Crippen LogP contribution in [-0.4, -0.2) is 17.2 Å². The third kappa shape index (κ3) is 5.85. The minimum absolute atomic E-state index is 1.12. The van der Waals surface area contributed by atoms with E-state index in [4.69, 9.17) is 0 Å². The van der Waals surface area contributed by atoms with Crippen LogP contribution in [0.15, 0.2) is 255 Å². The maximum atomic E-state index is 2.55. The Kier molecular flexibility index (Phi) is 8.87. The topological polar surface area (TPSA) is 9.86 Å². The molecule has 296 valence electrons. The van der Waals surface area contributed by atoms with Crippen LogP contribution in [0.25, 0.3) is 77.2 Å². The maximum absolute atomic E-state index is 2.96. The SMILES string of the molecule is c1ccc(-c2cccc(-n3c4ccccc4c4ccc(-n5c6ccccc6c6c([Si](c7ccccc7)(c7ccccc7)c7ccccc7)ccc(-c7ccccc7)c65)cc43)c2)cc1. The van der Waals surface area contributed by atoms with Gasteiger partial charge in [-0.25, -0.2) is 0 Å². The molecule has 0 fully saturated rings. The minimum Gasteiger partial charge on any atom is -0.309 e. The number of benzene rings is 10. The molecule has 3 heteroatoms. The molecule has 2 aromatic heterocycles. The fourth-order valence-corrected chi connectivity index (χ4v) is 15.4. The van der Waals surface area contributed by atoms with Crippen LogP contribution >= 0.6 is 0 Å². The predicted octanol–water partition coefficient (Wildman–Crippen LogP) is 12.6. The third-order valence-corrected chi connectivity index (χ3v) is 17.9. The molecule has 0 atom stereocenters. The zero-order valence-electron chi connectivity index (χ0n) is 34.6. The number of hydrogen-bond acceptors (Lipinski definition) is 0. The monoisotopic (exact) mass is 818 g/mol. The average Bonchev–Trinajstić information content (AvgIpc) is 3.89. The molecule has 0 aliphatic heterocycles. The molecule has 0 saturated carbocycles. The van der Waals surface area contributed by atoms with Gasteiger partial charge < -0.3 is 9.13 Å². The Balaban J connectivity index is 1.22. The summed E-state index contributed by atoms with van der Waals surface area (Å²) in [6, 6.07) is 94.4. The van der Waals surface area contributed by atoms with Gasteiger partial charge in [-0.05, 0) is 73.8 Å². The first kappa shape index (κ1) is 36.8. The molecule has 12 rings (SSSR count). The second-order valence-corrected chi connectivity index (χ2v) is 20.2. The summed E-state index contributed by atoms with van der Waals surface area (Å²) in [5.41, 5.74) is 11.8. The van der Waals surface area contributed by atoms with Crippen LogP contribution in [0.4, 0.5) is 0 Å². The second-order valence-electron chi connectivity index (χ2n) is 16.4. The van der Waals surface area contributed by atoms with Gasteiger partial charge in [0.25, 0.3) is 0 Å². The van der Waals surface area contributed by atoms with Crippen molar-refractivity contribution < 1.29 is 0 Å². The van der Waals surface area contributed by atoms with Gasteiger partial charge in [0.05, 0.1) is 22.1 Å². The molecule has 0 aliphatic rings. The van der Waals surface area contributed by atoms with Crippen LogP contribution in [-0.2, 0) is 0 Å². The molecule has 0 N–H and O–H groups in total. The zero-order chi connectivity index (χ0) is 41.7. The Morgan fingerprint density at radius 2 is 0.762 bits per heavy atom. The van der Waals surface area contributed by atoms with Crippen LogP contribution in [0.3, 0.4) is 0 Å². The Bertz CT molecular complexity index is 3500. The number of para-hydroxylation sites is 2. The molecule has 0 aliphatic carbocycles. The van der Waals surface area contributed by atoms with Crippen molar-refractivity contribution in [3.8, 4) is 33.6 Å². The van der Waals surface area contributed by atoms with E-state index < -0.39 is 8.07 Å². The highest BCUT2D eigenvalue weighted by atomic mass is 28.3. The van der Waals surface area contributed by atoms with Gasteiger partial charge in [-0.3, -0.25) is 0 Å². The lowest BCUT2D eigenvalue weighted by Gasteiger charge is -2.35. The molecule has 0 unspecified atom stereocenters. The first-order chi connectivity index (χ1) is 31.3. The van der Waals surface area contributed by atoms with Crippen molar-refractivity contribution in [1.29, 1.82) is 0 Å². The third-order valence-electron chi connectivity index (χ3n) is 13.1. The number of rotatable bonds is 8. The normalized spacial score (nSPS) is 11.8. The van der Waals surface area contributed by atoms with E-state index in [1.807, 2.05) is 0 Å². The standard InChI is InChI=1S/C60H42N2Si/c1-6-21-43(22-7-1)45-25-20-26-46(41-45)61-55-35-18-16-33-52(55)53-38-37-47(42-57(53)61)62-56-36-19-17-34-54(56)59-58(40-39-51(60(59)62)44-23-8-2-9-24-44)63(48-27-10-3-11-28-48,49-29-12-4-13-30-49)50-31-14-5-15-32-50/h1-42H. The summed E-state index contributed by atoms with van der Waals surface area (Å²) in [7, 11) is -2.96. The molecule has 2 heterocycles. The first-order valence-electron chi connectivity index (χ1n) is 21.8. The Labute approximate surface area is 368 Å². The van der Waals surface area contributed by atoms with E-state index in [-0.39, 0.29) is 0 Å². The molecule has 0 bridgehead atoms. The van der Waals surface area contributed by atoms with E-state index in [1.165, 1.54) is 86.6 Å². The number of fused-ring (bicyclic) bond motifs is 6. The van der Waals surface area contributed by atoms with E-state index in [0.717, 1.165) is 11.4 Å². The lowest BCUT2D eigenvalue weighted by atomic mass is 10.0. The Morgan fingerprint density at radius 3 is 1.38 bits per heavy atom. The van der Waals surface area contributed by atoms with E-state index in [2.05, 4.69) is 264 Å². The highest BCUT2D eigenvalue weighted by Gasteiger charge is 2.43. The summed E-state index contributed by atoms with van der Waals surface area (Å²) < 4.78 is 5.01. The van der Waals surface area contributed by atoms with Gasteiger partial charge in [-0.2, -0.15) is 0 Å². The van der Waals surface area contributed by atoms with Gasteiger partial charge in [-0.15, -0.1) is 0 Å². The predicted molar refractivity (Wildman–Crippen MR) is 270 cm³/mol. The Hall–Kier alpha value is -7.98. The summed E-state index contributed by atoms with van der Waals surface area (Å²) in [6.07, 6.45) is 0. The summed E-state index contributed by atoms with van der Waals surface area (Å²) in [5, 5.41) is 10.5. The fraction of sp³-hybridized carbons (Fsp3) is 0. The quantitative estimate of drug-likeness (QED) is 0.107. The highest BCUT2D eigenvalue weighted by Crippen LogP contribution is 2.41.